The molecule has 0 saturated carbocycles. The zero-order valence-electron chi connectivity index (χ0n) is 8.94. The number of nitrogens with two attached hydrogens (primary N) is 1. The molecule has 15 heavy (non-hydrogen) atoms. The maximum Gasteiger partial charge on any atom is 0.227 e. The fraction of sp³-hybridized carbons (Fsp3) is 0.778. The molecule has 1 heterocycles. The van der Waals surface area contributed by atoms with Gasteiger partial charge in [-0.25, -0.2) is 0 Å². The normalized spacial score (nSPS) is 10.8. The number of aromatic nitrogens is 2. The third-order valence-electron chi connectivity index (χ3n) is 1.77. The van der Waals surface area contributed by atoms with E-state index in [0.29, 0.717) is 50.9 Å². The first-order chi connectivity index (χ1) is 7.36. The Kier molecular flexibility index (Phi) is 5.91. The van der Waals surface area contributed by atoms with Gasteiger partial charge in [-0.1, -0.05) is 5.16 Å². The quantitative estimate of drug-likeness (QED) is 0.603. The van der Waals surface area contributed by atoms with Crippen LogP contribution in [-0.4, -0.2) is 43.6 Å². The van der Waals surface area contributed by atoms with E-state index in [1.165, 1.54) is 0 Å². The van der Waals surface area contributed by atoms with Crippen LogP contribution in [0.2, 0.25) is 0 Å². The van der Waals surface area contributed by atoms with Gasteiger partial charge in [-0.2, -0.15) is 4.98 Å². The zero-order chi connectivity index (χ0) is 10.9. The summed E-state index contributed by atoms with van der Waals surface area (Å²) in [7, 11) is 1.64. The lowest BCUT2D eigenvalue weighted by atomic mass is 10.4. The number of hydrogen-bond acceptors (Lipinski definition) is 6. The van der Waals surface area contributed by atoms with Crippen LogP contribution in [0.15, 0.2) is 4.52 Å². The average molecular weight is 215 g/mol. The highest BCUT2D eigenvalue weighted by Crippen LogP contribution is 1.98. The summed E-state index contributed by atoms with van der Waals surface area (Å²) >= 11 is 0. The van der Waals surface area contributed by atoms with E-state index in [-0.39, 0.29) is 0 Å². The molecule has 6 heteroatoms. The van der Waals surface area contributed by atoms with E-state index in [1.54, 1.807) is 7.11 Å². The van der Waals surface area contributed by atoms with Crippen molar-refractivity contribution in [3.8, 4) is 0 Å². The highest BCUT2D eigenvalue weighted by molar-refractivity contribution is 4.86. The molecule has 0 aliphatic rings. The molecule has 1 aromatic rings. The van der Waals surface area contributed by atoms with Crippen LogP contribution < -0.4 is 5.73 Å². The van der Waals surface area contributed by atoms with Gasteiger partial charge in [0.2, 0.25) is 5.89 Å². The van der Waals surface area contributed by atoms with Crippen molar-refractivity contribution < 1.29 is 14.0 Å². The minimum absolute atomic E-state index is 0.520. The Balaban J connectivity index is 2.14. The van der Waals surface area contributed by atoms with Crippen LogP contribution >= 0.6 is 0 Å². The molecule has 0 unspecified atom stereocenters. The van der Waals surface area contributed by atoms with Crippen molar-refractivity contribution in [2.24, 2.45) is 5.73 Å². The fourth-order valence-electron chi connectivity index (χ4n) is 1.02. The van der Waals surface area contributed by atoms with E-state index in [9.17, 15) is 0 Å². The number of rotatable bonds is 8. The van der Waals surface area contributed by atoms with Crippen LogP contribution in [0.25, 0.3) is 0 Å². The van der Waals surface area contributed by atoms with E-state index < -0.39 is 0 Å². The number of ether oxygens (including phenoxy) is 2. The van der Waals surface area contributed by atoms with Gasteiger partial charge in [0.25, 0.3) is 0 Å². The van der Waals surface area contributed by atoms with Crippen LogP contribution in [0, 0.1) is 0 Å². The van der Waals surface area contributed by atoms with Crippen LogP contribution in [-0.2, 0) is 22.3 Å². The van der Waals surface area contributed by atoms with E-state index >= 15 is 0 Å². The summed E-state index contributed by atoms with van der Waals surface area (Å²) in [5.41, 5.74) is 5.36. The van der Waals surface area contributed by atoms with Crippen LogP contribution in [0.3, 0.4) is 0 Å². The maximum absolute atomic E-state index is 5.36. The monoisotopic (exact) mass is 215 g/mol. The molecule has 0 aromatic carbocycles. The lowest BCUT2D eigenvalue weighted by molar-refractivity contribution is 0.0714. The van der Waals surface area contributed by atoms with Gasteiger partial charge in [-0.05, 0) is 0 Å². The van der Waals surface area contributed by atoms with Gasteiger partial charge in [-0.15, -0.1) is 0 Å². The van der Waals surface area contributed by atoms with Gasteiger partial charge in [0.1, 0.15) is 0 Å². The molecule has 0 bridgehead atoms. The number of hydrogen-bond donors (Lipinski definition) is 1. The molecular formula is C9H17N3O3. The van der Waals surface area contributed by atoms with Crippen molar-refractivity contribution in [3.05, 3.63) is 11.7 Å². The van der Waals surface area contributed by atoms with Crippen molar-refractivity contribution in [2.75, 3.05) is 33.5 Å². The van der Waals surface area contributed by atoms with Crippen molar-refractivity contribution in [1.29, 1.82) is 0 Å². The molecule has 0 aliphatic carbocycles. The minimum Gasteiger partial charge on any atom is -0.382 e. The third kappa shape index (κ3) is 4.87. The average Bonchev–Trinajstić information content (AvgIpc) is 2.66. The van der Waals surface area contributed by atoms with Gasteiger partial charge < -0.3 is 19.7 Å². The largest absolute Gasteiger partial charge is 0.382 e. The van der Waals surface area contributed by atoms with Crippen LogP contribution in [0.5, 0.6) is 0 Å². The molecule has 0 spiro atoms. The molecule has 0 fully saturated rings. The molecule has 1 rings (SSSR count). The first-order valence-corrected chi connectivity index (χ1v) is 4.95. The Morgan fingerprint density at radius 2 is 2.13 bits per heavy atom. The van der Waals surface area contributed by atoms with E-state index in [0.717, 1.165) is 0 Å². The predicted molar refractivity (Wildman–Crippen MR) is 53.5 cm³/mol. The summed E-state index contributed by atoms with van der Waals surface area (Å²) in [6.07, 6.45) is 1.27. The molecule has 86 valence electrons. The van der Waals surface area contributed by atoms with E-state index in [4.69, 9.17) is 19.7 Å². The summed E-state index contributed by atoms with van der Waals surface area (Å²) in [6.45, 7) is 2.28. The van der Waals surface area contributed by atoms with Gasteiger partial charge in [-0.3, -0.25) is 0 Å². The van der Waals surface area contributed by atoms with Crippen molar-refractivity contribution in [1.82, 2.24) is 10.1 Å². The smallest absolute Gasteiger partial charge is 0.227 e. The molecular weight excluding hydrogens is 198 g/mol. The molecule has 1 aromatic heterocycles. The SMILES string of the molecule is COCCOCCc1noc(CCN)n1. The number of nitrogens with zero attached hydrogens (tertiary/aromatic N) is 2. The molecule has 6 nitrogen and oxygen atoms in total. The summed E-state index contributed by atoms with van der Waals surface area (Å²) in [5.74, 6) is 1.25. The van der Waals surface area contributed by atoms with Gasteiger partial charge in [0.05, 0.1) is 19.8 Å². The zero-order valence-corrected chi connectivity index (χ0v) is 8.94. The molecule has 0 aliphatic heterocycles. The molecule has 2 N–H and O–H groups in total. The summed E-state index contributed by atoms with van der Waals surface area (Å²) < 4.78 is 15.1. The van der Waals surface area contributed by atoms with E-state index in [1.807, 2.05) is 0 Å². The Morgan fingerprint density at radius 1 is 1.27 bits per heavy atom. The van der Waals surface area contributed by atoms with Gasteiger partial charge in [0.15, 0.2) is 5.82 Å². The fourth-order valence-corrected chi connectivity index (χ4v) is 1.02. The topological polar surface area (TPSA) is 83.4 Å². The first kappa shape index (κ1) is 12.1. The van der Waals surface area contributed by atoms with Crippen molar-refractivity contribution >= 4 is 0 Å². The number of methoxy groups -OCH3 is 1. The Hall–Kier alpha value is -0.980. The molecule has 0 saturated heterocycles. The Bertz CT molecular complexity index is 265. The van der Waals surface area contributed by atoms with Crippen LogP contribution in [0.1, 0.15) is 11.7 Å². The van der Waals surface area contributed by atoms with Crippen molar-refractivity contribution in [3.63, 3.8) is 0 Å². The third-order valence-corrected chi connectivity index (χ3v) is 1.77. The van der Waals surface area contributed by atoms with Crippen LogP contribution in [0.4, 0.5) is 0 Å². The van der Waals surface area contributed by atoms with E-state index in [2.05, 4.69) is 10.1 Å². The highest BCUT2D eigenvalue weighted by atomic mass is 16.5. The summed E-state index contributed by atoms with van der Waals surface area (Å²) in [6, 6.07) is 0. The second-order valence-corrected chi connectivity index (χ2v) is 3.00. The van der Waals surface area contributed by atoms with Gasteiger partial charge >= 0.3 is 0 Å². The van der Waals surface area contributed by atoms with Gasteiger partial charge in [0, 0.05) is 26.5 Å². The maximum atomic E-state index is 5.36. The minimum atomic E-state index is 0.520. The first-order valence-electron chi connectivity index (χ1n) is 4.95. The Morgan fingerprint density at radius 3 is 2.87 bits per heavy atom. The summed E-state index contributed by atoms with van der Waals surface area (Å²) in [5, 5.41) is 3.80. The Labute approximate surface area is 88.7 Å². The van der Waals surface area contributed by atoms with Crippen molar-refractivity contribution in [2.45, 2.75) is 12.8 Å². The second-order valence-electron chi connectivity index (χ2n) is 3.00. The second kappa shape index (κ2) is 7.33. The molecule has 0 amide bonds. The molecule has 0 atom stereocenters. The lowest BCUT2D eigenvalue weighted by Crippen LogP contribution is -2.06. The predicted octanol–water partition coefficient (Wildman–Crippen LogP) is -0.224. The highest BCUT2D eigenvalue weighted by Gasteiger charge is 2.04. The lowest BCUT2D eigenvalue weighted by Gasteiger charge is -1.99. The summed E-state index contributed by atoms with van der Waals surface area (Å²) in [4.78, 5) is 4.15. The molecule has 0 radical (unpaired) electrons. The standard InChI is InChI=1S/C9H17N3O3/c1-13-6-7-14-5-3-8-11-9(2-4-10)15-12-8/h2-7,10H2,1H3.